The molecule has 0 aliphatic carbocycles. The average Bonchev–Trinajstić information content (AvgIpc) is 2.56. The van der Waals surface area contributed by atoms with E-state index < -0.39 is 12.7 Å². The lowest BCUT2D eigenvalue weighted by molar-refractivity contribution is 0.00578. The van der Waals surface area contributed by atoms with Gasteiger partial charge in [0.25, 0.3) is 0 Å². The van der Waals surface area contributed by atoms with Gasteiger partial charge in [0, 0.05) is 6.54 Å². The van der Waals surface area contributed by atoms with E-state index in [2.05, 4.69) is 0 Å². The third-order valence-electron chi connectivity index (χ3n) is 4.76. The molecule has 2 heterocycles. The van der Waals surface area contributed by atoms with Crippen molar-refractivity contribution in [2.24, 2.45) is 0 Å². The number of rotatable bonds is 1. The number of carbonyl (C=O) groups excluding carboxylic acids is 1. The zero-order valence-corrected chi connectivity index (χ0v) is 15.1. The number of likely N-dealkylation sites (tertiary alicyclic amines) is 1. The molecule has 2 fully saturated rings. The Hall–Kier alpha value is -0.745. The topological polar surface area (TPSA) is 48.0 Å². The Morgan fingerprint density at radius 1 is 1.14 bits per heavy atom. The highest BCUT2D eigenvalue weighted by Gasteiger charge is 2.56. The van der Waals surface area contributed by atoms with Crippen LogP contribution >= 0.6 is 0 Å². The molecule has 0 N–H and O–H groups in total. The largest absolute Gasteiger partial charge is 0.482 e. The quantitative estimate of drug-likeness (QED) is 0.696. The van der Waals surface area contributed by atoms with E-state index in [9.17, 15) is 4.79 Å². The summed E-state index contributed by atoms with van der Waals surface area (Å²) in [5.41, 5.74) is -1.25. The monoisotopic (exact) mass is 311 g/mol. The number of carbonyl (C=O) groups is 1. The lowest BCUT2D eigenvalue weighted by atomic mass is 9.73. The molecule has 2 saturated heterocycles. The van der Waals surface area contributed by atoms with Crippen LogP contribution in [0.15, 0.2) is 0 Å². The second-order valence-electron chi connectivity index (χ2n) is 8.36. The molecule has 0 spiro atoms. The molecule has 0 aromatic carbocycles. The van der Waals surface area contributed by atoms with Gasteiger partial charge in [0.1, 0.15) is 5.60 Å². The molecule has 2 aliphatic heterocycles. The third kappa shape index (κ3) is 3.59. The van der Waals surface area contributed by atoms with E-state index in [0.717, 1.165) is 19.3 Å². The predicted octanol–water partition coefficient (Wildman–Crippen LogP) is 3.41. The van der Waals surface area contributed by atoms with Crippen molar-refractivity contribution in [3.05, 3.63) is 0 Å². The molecule has 0 aromatic rings. The maximum Gasteiger partial charge on any atom is 0.482 e. The van der Waals surface area contributed by atoms with Crippen LogP contribution in [0.25, 0.3) is 0 Å². The average molecular weight is 311 g/mol. The molecular weight excluding hydrogens is 281 g/mol. The van der Waals surface area contributed by atoms with Crippen LogP contribution < -0.4 is 0 Å². The van der Waals surface area contributed by atoms with Crippen LogP contribution in [0, 0.1) is 0 Å². The molecule has 126 valence electrons. The van der Waals surface area contributed by atoms with E-state index in [1.165, 1.54) is 0 Å². The molecule has 0 saturated carbocycles. The van der Waals surface area contributed by atoms with Crippen molar-refractivity contribution in [2.75, 3.05) is 6.54 Å². The molecule has 1 unspecified atom stereocenters. The van der Waals surface area contributed by atoms with Crippen molar-refractivity contribution in [2.45, 2.75) is 90.5 Å². The second-order valence-corrected chi connectivity index (χ2v) is 8.36. The molecule has 0 aromatic heterocycles. The summed E-state index contributed by atoms with van der Waals surface area (Å²) in [7, 11) is -0.391. The number of hydrogen-bond donors (Lipinski definition) is 0. The fraction of sp³-hybridized carbons (Fsp3) is 0.938. The Morgan fingerprint density at radius 3 is 2.18 bits per heavy atom. The van der Waals surface area contributed by atoms with Crippen molar-refractivity contribution in [3.8, 4) is 0 Å². The molecule has 1 amide bonds. The Morgan fingerprint density at radius 2 is 1.68 bits per heavy atom. The van der Waals surface area contributed by atoms with Crippen molar-refractivity contribution in [3.63, 3.8) is 0 Å². The molecular formula is C16H30BNO4. The van der Waals surface area contributed by atoms with Crippen LogP contribution in [0.3, 0.4) is 0 Å². The van der Waals surface area contributed by atoms with Gasteiger partial charge >= 0.3 is 13.2 Å². The molecule has 1 atom stereocenters. The molecule has 0 radical (unpaired) electrons. The first-order valence-corrected chi connectivity index (χ1v) is 8.28. The first-order valence-electron chi connectivity index (χ1n) is 8.28. The number of hydrogen-bond acceptors (Lipinski definition) is 4. The van der Waals surface area contributed by atoms with E-state index in [4.69, 9.17) is 14.0 Å². The zero-order chi connectivity index (χ0) is 16.8. The fourth-order valence-electron chi connectivity index (χ4n) is 2.83. The second kappa shape index (κ2) is 5.71. The number of amides is 1. The Balaban J connectivity index is 2.13. The lowest BCUT2D eigenvalue weighted by Gasteiger charge is -2.37. The van der Waals surface area contributed by atoms with Crippen LogP contribution in [0.5, 0.6) is 0 Å². The normalized spacial score (nSPS) is 27.9. The standard InChI is InChI=1S/C16H30BNO4/c1-14(2,3)20-13(19)18-11-9-8-10-12(18)17-21-15(4,5)16(6,7)22-17/h12H,8-11H2,1-7H3. The number of ether oxygens (including phenoxy) is 1. The number of nitrogens with zero attached hydrogens (tertiary/aromatic N) is 1. The molecule has 2 aliphatic rings. The molecule has 2 rings (SSSR count). The summed E-state index contributed by atoms with van der Waals surface area (Å²) in [6.07, 6.45) is 2.69. The van der Waals surface area contributed by atoms with Gasteiger partial charge in [-0.25, -0.2) is 4.79 Å². The smallest absolute Gasteiger partial charge is 0.444 e. The van der Waals surface area contributed by atoms with Crippen LogP contribution in [0.2, 0.25) is 0 Å². The molecule has 6 heteroatoms. The van der Waals surface area contributed by atoms with Gasteiger partial charge in [-0.2, -0.15) is 0 Å². The Labute approximate surface area is 134 Å². The van der Waals surface area contributed by atoms with Gasteiger partial charge in [-0.3, -0.25) is 0 Å². The summed E-state index contributed by atoms with van der Waals surface area (Å²) >= 11 is 0. The van der Waals surface area contributed by atoms with E-state index in [1.807, 2.05) is 48.5 Å². The van der Waals surface area contributed by atoms with Crippen LogP contribution in [0.1, 0.15) is 67.7 Å². The first kappa shape index (κ1) is 17.6. The van der Waals surface area contributed by atoms with Gasteiger partial charge in [-0.1, -0.05) is 6.42 Å². The Bertz CT molecular complexity index is 414. The highest BCUT2D eigenvalue weighted by molar-refractivity contribution is 6.48. The lowest BCUT2D eigenvalue weighted by Crippen LogP contribution is -2.54. The molecule has 22 heavy (non-hydrogen) atoms. The summed E-state index contributed by atoms with van der Waals surface area (Å²) < 4.78 is 17.8. The van der Waals surface area contributed by atoms with Crippen molar-refractivity contribution < 1.29 is 18.8 Å². The molecule has 0 bridgehead atoms. The van der Waals surface area contributed by atoms with Crippen molar-refractivity contribution >= 4 is 13.2 Å². The minimum Gasteiger partial charge on any atom is -0.444 e. The summed E-state index contributed by atoms with van der Waals surface area (Å²) in [5, 5.41) is 0. The maximum absolute atomic E-state index is 12.5. The van der Waals surface area contributed by atoms with Gasteiger partial charge in [0.2, 0.25) is 0 Å². The van der Waals surface area contributed by atoms with Gasteiger partial charge in [0.05, 0.1) is 17.1 Å². The van der Waals surface area contributed by atoms with Crippen molar-refractivity contribution in [1.29, 1.82) is 0 Å². The van der Waals surface area contributed by atoms with E-state index in [0.29, 0.717) is 6.54 Å². The van der Waals surface area contributed by atoms with Gasteiger partial charge < -0.3 is 18.9 Å². The molecule has 5 nitrogen and oxygen atoms in total. The third-order valence-corrected chi connectivity index (χ3v) is 4.76. The Kier molecular flexibility index (Phi) is 4.57. The van der Waals surface area contributed by atoms with Crippen molar-refractivity contribution in [1.82, 2.24) is 4.90 Å². The van der Waals surface area contributed by atoms with Gasteiger partial charge in [0.15, 0.2) is 0 Å². The van der Waals surface area contributed by atoms with Gasteiger partial charge in [-0.05, 0) is 61.3 Å². The highest BCUT2D eigenvalue weighted by atomic mass is 16.7. The first-order chi connectivity index (χ1) is 9.93. The SMILES string of the molecule is CC(C)(C)OC(=O)N1CCCCC1B1OC(C)(C)C(C)(C)O1. The highest BCUT2D eigenvalue weighted by Crippen LogP contribution is 2.39. The summed E-state index contributed by atoms with van der Waals surface area (Å²) in [4.78, 5) is 14.3. The van der Waals surface area contributed by atoms with Crippen LogP contribution in [-0.2, 0) is 14.0 Å². The summed E-state index contributed by atoms with van der Waals surface area (Å²) in [6, 6.07) is 0. The minimum absolute atomic E-state index is 0.0790. The van der Waals surface area contributed by atoms with Crippen LogP contribution in [-0.4, -0.2) is 47.4 Å². The van der Waals surface area contributed by atoms with E-state index in [-0.39, 0.29) is 23.2 Å². The zero-order valence-electron chi connectivity index (χ0n) is 15.1. The van der Waals surface area contributed by atoms with E-state index >= 15 is 0 Å². The maximum atomic E-state index is 12.5. The van der Waals surface area contributed by atoms with Gasteiger partial charge in [-0.15, -0.1) is 0 Å². The van der Waals surface area contributed by atoms with E-state index in [1.54, 1.807) is 4.90 Å². The fourth-order valence-corrected chi connectivity index (χ4v) is 2.83. The predicted molar refractivity (Wildman–Crippen MR) is 86.7 cm³/mol. The summed E-state index contributed by atoms with van der Waals surface area (Å²) in [5.74, 6) is -0.0790. The number of piperidine rings is 1. The summed E-state index contributed by atoms with van der Waals surface area (Å²) in [6.45, 7) is 14.5. The minimum atomic E-state index is -0.491. The van der Waals surface area contributed by atoms with Crippen LogP contribution in [0.4, 0.5) is 4.79 Å².